The molecule has 0 fully saturated rings. The first-order valence-electron chi connectivity index (χ1n) is 7.58. The van der Waals surface area contributed by atoms with Crippen molar-refractivity contribution in [2.75, 3.05) is 32.2 Å². The molecule has 2 aromatic carbocycles. The quantitative estimate of drug-likeness (QED) is 0.671. The van der Waals surface area contributed by atoms with Gasteiger partial charge in [-0.05, 0) is 31.2 Å². The summed E-state index contributed by atoms with van der Waals surface area (Å²) in [7, 11) is 0.399. The predicted molar refractivity (Wildman–Crippen MR) is 103 cm³/mol. The number of nitrogens with zero attached hydrogens (tertiary/aromatic N) is 1. The summed E-state index contributed by atoms with van der Waals surface area (Å²) in [6, 6.07) is 7.69. The summed E-state index contributed by atoms with van der Waals surface area (Å²) in [6.45, 7) is 1.87. The Kier molecular flexibility index (Phi) is 6.49. The van der Waals surface area contributed by atoms with Crippen molar-refractivity contribution >= 4 is 38.9 Å². The van der Waals surface area contributed by atoms with E-state index in [1.165, 1.54) is 37.8 Å². The fraction of sp³-hybridized carbons (Fsp3) is 0.294. The average molecular weight is 420 g/mol. The lowest BCUT2D eigenvalue weighted by atomic mass is 10.2. The SMILES string of the molecule is CCN(c1ccc(OC)cc1OC)S(=O)(=O)c1ccc(OC)c(Cl)c1Cl. The number of methoxy groups -OCH3 is 3. The van der Waals surface area contributed by atoms with E-state index in [4.69, 9.17) is 37.4 Å². The maximum Gasteiger partial charge on any atom is 0.265 e. The zero-order valence-electron chi connectivity index (χ0n) is 14.7. The third kappa shape index (κ3) is 3.65. The minimum Gasteiger partial charge on any atom is -0.497 e. The molecule has 0 aliphatic heterocycles. The van der Waals surface area contributed by atoms with Crippen molar-refractivity contribution in [3.8, 4) is 17.2 Å². The Bertz CT molecular complexity index is 902. The first-order valence-corrected chi connectivity index (χ1v) is 9.78. The highest BCUT2D eigenvalue weighted by molar-refractivity contribution is 7.93. The second kappa shape index (κ2) is 8.24. The molecule has 0 N–H and O–H groups in total. The van der Waals surface area contributed by atoms with Crippen LogP contribution in [0.15, 0.2) is 35.2 Å². The van der Waals surface area contributed by atoms with Crippen molar-refractivity contribution < 1.29 is 22.6 Å². The molecule has 0 aliphatic carbocycles. The lowest BCUT2D eigenvalue weighted by Gasteiger charge is -2.25. The molecule has 9 heteroatoms. The summed E-state index contributed by atoms with van der Waals surface area (Å²) in [5.74, 6) is 1.19. The maximum atomic E-state index is 13.2. The normalized spacial score (nSPS) is 11.2. The molecule has 0 aliphatic rings. The van der Waals surface area contributed by atoms with Gasteiger partial charge in [0.1, 0.15) is 27.2 Å². The van der Waals surface area contributed by atoms with Gasteiger partial charge in [-0.15, -0.1) is 0 Å². The highest BCUT2D eigenvalue weighted by atomic mass is 35.5. The van der Waals surface area contributed by atoms with Crippen LogP contribution < -0.4 is 18.5 Å². The molecular weight excluding hydrogens is 401 g/mol. The van der Waals surface area contributed by atoms with Crippen molar-refractivity contribution in [2.24, 2.45) is 0 Å². The number of anilines is 1. The topological polar surface area (TPSA) is 65.1 Å². The van der Waals surface area contributed by atoms with Crippen LogP contribution in [0.3, 0.4) is 0 Å². The average Bonchev–Trinajstić information content (AvgIpc) is 2.64. The van der Waals surface area contributed by atoms with Crippen LogP contribution >= 0.6 is 23.2 Å². The third-order valence-corrected chi connectivity index (χ3v) is 6.65. The molecule has 0 bridgehead atoms. The van der Waals surface area contributed by atoms with E-state index in [9.17, 15) is 8.42 Å². The molecule has 6 nitrogen and oxygen atoms in total. The van der Waals surface area contributed by atoms with Crippen molar-refractivity contribution in [3.05, 3.63) is 40.4 Å². The van der Waals surface area contributed by atoms with E-state index in [-0.39, 0.29) is 21.5 Å². The predicted octanol–water partition coefficient (Wildman–Crippen LogP) is 4.23. The van der Waals surface area contributed by atoms with Crippen LogP contribution in [-0.2, 0) is 10.0 Å². The minimum absolute atomic E-state index is 0.0352. The van der Waals surface area contributed by atoms with E-state index >= 15 is 0 Å². The Hall–Kier alpha value is -1.83. The molecule has 142 valence electrons. The summed E-state index contributed by atoms with van der Waals surface area (Å²) in [6.07, 6.45) is 0. The first-order chi connectivity index (χ1) is 12.3. The monoisotopic (exact) mass is 419 g/mol. The van der Waals surface area contributed by atoms with E-state index in [2.05, 4.69) is 0 Å². The number of benzene rings is 2. The van der Waals surface area contributed by atoms with Gasteiger partial charge in [-0.2, -0.15) is 0 Å². The van der Waals surface area contributed by atoms with E-state index in [0.717, 1.165) is 0 Å². The standard InChI is InChI=1S/C17H19Cl2NO5S/c1-5-20(12-7-6-11(23-2)10-14(12)25-4)26(21,22)15-9-8-13(24-3)16(18)17(15)19/h6-10H,5H2,1-4H3. The molecule has 0 saturated carbocycles. The van der Waals surface area contributed by atoms with Gasteiger partial charge in [0.25, 0.3) is 10.0 Å². The van der Waals surface area contributed by atoms with Gasteiger partial charge in [-0.1, -0.05) is 23.2 Å². The van der Waals surface area contributed by atoms with Crippen LogP contribution in [0.4, 0.5) is 5.69 Å². The molecule has 0 atom stereocenters. The van der Waals surface area contributed by atoms with Crippen molar-refractivity contribution in [3.63, 3.8) is 0 Å². The molecular formula is C17H19Cl2NO5S. The second-order valence-electron chi connectivity index (χ2n) is 5.10. The molecule has 2 aromatic rings. The van der Waals surface area contributed by atoms with Gasteiger partial charge in [0.05, 0.1) is 32.0 Å². The smallest absolute Gasteiger partial charge is 0.265 e. The largest absolute Gasteiger partial charge is 0.497 e. The van der Waals surface area contributed by atoms with Gasteiger partial charge >= 0.3 is 0 Å². The van der Waals surface area contributed by atoms with Crippen LogP contribution in [0.5, 0.6) is 17.2 Å². The Morgan fingerprint density at radius 3 is 2.12 bits per heavy atom. The molecule has 0 radical (unpaired) electrons. The second-order valence-corrected chi connectivity index (χ2v) is 7.69. The maximum absolute atomic E-state index is 13.2. The highest BCUT2D eigenvalue weighted by Gasteiger charge is 2.30. The fourth-order valence-electron chi connectivity index (χ4n) is 2.45. The summed E-state index contributed by atoms with van der Waals surface area (Å²) in [5, 5.41) is -0.0649. The first kappa shape index (κ1) is 20.5. The molecule has 2 rings (SSSR count). The van der Waals surface area contributed by atoms with Crippen molar-refractivity contribution in [2.45, 2.75) is 11.8 Å². The number of rotatable bonds is 7. The Morgan fingerprint density at radius 2 is 1.58 bits per heavy atom. The third-order valence-electron chi connectivity index (χ3n) is 3.74. The molecule has 0 amide bonds. The molecule has 26 heavy (non-hydrogen) atoms. The van der Waals surface area contributed by atoms with Gasteiger partial charge in [0.2, 0.25) is 0 Å². The number of hydrogen-bond donors (Lipinski definition) is 0. The van der Waals surface area contributed by atoms with Gasteiger partial charge < -0.3 is 14.2 Å². The summed E-state index contributed by atoms with van der Waals surface area (Å²) in [5.41, 5.74) is 0.360. The van der Waals surface area contributed by atoms with Crippen LogP contribution in [0, 0.1) is 0 Å². The van der Waals surface area contributed by atoms with Crippen LogP contribution in [0.1, 0.15) is 6.92 Å². The van der Waals surface area contributed by atoms with E-state index < -0.39 is 10.0 Å². The number of halogens is 2. The lowest BCUT2D eigenvalue weighted by molar-refractivity contribution is 0.395. The van der Waals surface area contributed by atoms with Crippen LogP contribution in [0.2, 0.25) is 10.0 Å². The van der Waals surface area contributed by atoms with Gasteiger partial charge in [0, 0.05) is 12.6 Å². The van der Waals surface area contributed by atoms with E-state index in [0.29, 0.717) is 22.9 Å². The fourth-order valence-corrected chi connectivity index (χ4v) is 4.75. The highest BCUT2D eigenvalue weighted by Crippen LogP contribution is 2.40. The Morgan fingerprint density at radius 1 is 0.923 bits per heavy atom. The molecule has 0 spiro atoms. The molecule has 0 heterocycles. The van der Waals surface area contributed by atoms with Crippen molar-refractivity contribution in [1.29, 1.82) is 0 Å². The van der Waals surface area contributed by atoms with Gasteiger partial charge in [0.15, 0.2) is 0 Å². The van der Waals surface area contributed by atoms with Crippen LogP contribution in [0.25, 0.3) is 0 Å². The van der Waals surface area contributed by atoms with E-state index in [1.54, 1.807) is 25.1 Å². The minimum atomic E-state index is -3.99. The van der Waals surface area contributed by atoms with Gasteiger partial charge in [-0.25, -0.2) is 8.42 Å². The summed E-state index contributed by atoms with van der Waals surface area (Å²) < 4.78 is 43.2. The molecule has 0 aromatic heterocycles. The van der Waals surface area contributed by atoms with Gasteiger partial charge in [-0.3, -0.25) is 4.31 Å². The Labute approximate surface area is 163 Å². The zero-order chi connectivity index (χ0) is 19.5. The zero-order valence-corrected chi connectivity index (χ0v) is 17.1. The summed E-state index contributed by atoms with van der Waals surface area (Å²) in [4.78, 5) is -0.121. The van der Waals surface area contributed by atoms with Crippen LogP contribution in [-0.4, -0.2) is 36.3 Å². The van der Waals surface area contributed by atoms with Crippen molar-refractivity contribution in [1.82, 2.24) is 0 Å². The molecule has 0 unspecified atom stereocenters. The number of hydrogen-bond acceptors (Lipinski definition) is 5. The lowest BCUT2D eigenvalue weighted by Crippen LogP contribution is -2.31. The number of sulfonamides is 1. The molecule has 0 saturated heterocycles. The summed E-state index contributed by atoms with van der Waals surface area (Å²) >= 11 is 12.3. The van der Waals surface area contributed by atoms with E-state index in [1.807, 2.05) is 0 Å². The number of ether oxygens (including phenoxy) is 3. The Balaban J connectivity index is 2.62.